The van der Waals surface area contributed by atoms with Gasteiger partial charge in [-0.05, 0) is 26.0 Å². The highest BCUT2D eigenvalue weighted by molar-refractivity contribution is 6.42. The molecule has 0 radical (unpaired) electrons. The number of hydrogen-bond donors (Lipinski definition) is 6. The Labute approximate surface area is 205 Å². The Morgan fingerprint density at radius 1 is 1.12 bits per heavy atom. The van der Waals surface area contributed by atoms with Crippen molar-refractivity contribution in [2.24, 2.45) is 0 Å². The monoisotopic (exact) mass is 519 g/mol. The third-order valence-corrected chi connectivity index (χ3v) is 5.31. The lowest BCUT2D eigenvalue weighted by Crippen LogP contribution is -2.52. The summed E-state index contributed by atoms with van der Waals surface area (Å²) >= 11 is 17.7. The van der Waals surface area contributed by atoms with Gasteiger partial charge < -0.3 is 31.9 Å². The topological polar surface area (TPSA) is 178 Å². The van der Waals surface area contributed by atoms with Gasteiger partial charge in [0.25, 0.3) is 5.91 Å². The van der Waals surface area contributed by atoms with Crippen LogP contribution in [0.4, 0.5) is 11.6 Å². The number of anilines is 2. The van der Waals surface area contributed by atoms with Crippen LogP contribution in [0, 0.1) is 0 Å². The van der Waals surface area contributed by atoms with Crippen molar-refractivity contribution >= 4 is 58.3 Å². The summed E-state index contributed by atoms with van der Waals surface area (Å²) in [5.41, 5.74) is 10.9. The maximum absolute atomic E-state index is 12.4. The van der Waals surface area contributed by atoms with Crippen LogP contribution in [0.2, 0.25) is 15.2 Å². The number of amides is 2. The van der Waals surface area contributed by atoms with E-state index in [-0.39, 0.29) is 40.7 Å². The van der Waals surface area contributed by atoms with E-state index in [0.29, 0.717) is 10.8 Å². The largest absolute Gasteiger partial charge is 0.489 e. The lowest BCUT2D eigenvalue weighted by Gasteiger charge is -2.21. The van der Waals surface area contributed by atoms with Gasteiger partial charge in [0.15, 0.2) is 22.5 Å². The van der Waals surface area contributed by atoms with Crippen LogP contribution < -0.4 is 32.2 Å². The van der Waals surface area contributed by atoms with E-state index in [0.717, 1.165) is 0 Å². The minimum Gasteiger partial charge on any atom is -0.489 e. The van der Waals surface area contributed by atoms with Crippen molar-refractivity contribution in [2.75, 3.05) is 24.6 Å². The molecule has 0 spiro atoms. The minimum absolute atomic E-state index is 0.0488. The van der Waals surface area contributed by atoms with Crippen molar-refractivity contribution in [1.82, 2.24) is 25.9 Å². The van der Waals surface area contributed by atoms with E-state index < -0.39 is 30.1 Å². The van der Waals surface area contributed by atoms with Crippen LogP contribution in [0.25, 0.3) is 0 Å². The fourth-order valence-corrected chi connectivity index (χ4v) is 2.96. The summed E-state index contributed by atoms with van der Waals surface area (Å²) in [5, 5.41) is 18.5. The fraction of sp³-hybridized carbons (Fsp3) is 0.368. The van der Waals surface area contributed by atoms with Crippen LogP contribution in [0.3, 0.4) is 0 Å². The molecule has 0 aliphatic carbocycles. The average molecular weight is 521 g/mol. The molecule has 33 heavy (non-hydrogen) atoms. The summed E-state index contributed by atoms with van der Waals surface area (Å²) in [6, 6.07) is 3.99. The van der Waals surface area contributed by atoms with Crippen LogP contribution in [0.1, 0.15) is 24.3 Å². The molecule has 0 aliphatic heterocycles. The van der Waals surface area contributed by atoms with Gasteiger partial charge in [0.1, 0.15) is 29.5 Å². The predicted molar refractivity (Wildman–Crippen MR) is 126 cm³/mol. The Morgan fingerprint density at radius 3 is 2.52 bits per heavy atom. The van der Waals surface area contributed by atoms with Gasteiger partial charge in [0.2, 0.25) is 5.91 Å². The van der Waals surface area contributed by atoms with Crippen LogP contribution in [0.15, 0.2) is 18.2 Å². The molecule has 2 aromatic rings. The number of aliphatic hydroxyl groups is 1. The first-order valence-electron chi connectivity index (χ1n) is 9.67. The number of aromatic nitrogens is 2. The van der Waals surface area contributed by atoms with Crippen molar-refractivity contribution in [3.05, 3.63) is 39.1 Å². The highest BCUT2D eigenvalue weighted by atomic mass is 35.5. The van der Waals surface area contributed by atoms with E-state index in [1.807, 2.05) is 0 Å². The molecule has 0 fully saturated rings. The number of carbonyl (C=O) groups is 2. The fourth-order valence-electron chi connectivity index (χ4n) is 2.48. The molecule has 3 atom stereocenters. The average Bonchev–Trinajstić information content (AvgIpc) is 2.75. The molecule has 8 N–H and O–H groups in total. The number of hydrogen-bond acceptors (Lipinski definition) is 9. The van der Waals surface area contributed by atoms with Crippen LogP contribution in [-0.2, 0) is 4.79 Å². The zero-order valence-electron chi connectivity index (χ0n) is 17.7. The molecule has 1 aromatic carbocycles. The van der Waals surface area contributed by atoms with Gasteiger partial charge in [-0.1, -0.05) is 40.9 Å². The number of nitrogens with one attached hydrogen (secondary N) is 3. The number of benzene rings is 1. The Kier molecular flexibility index (Phi) is 9.74. The van der Waals surface area contributed by atoms with Crippen molar-refractivity contribution in [1.29, 1.82) is 0 Å². The maximum atomic E-state index is 12.4. The summed E-state index contributed by atoms with van der Waals surface area (Å²) in [6.45, 7) is 3.19. The van der Waals surface area contributed by atoms with Gasteiger partial charge in [0, 0.05) is 6.54 Å². The molecule has 2 amide bonds. The van der Waals surface area contributed by atoms with Gasteiger partial charge in [-0.15, -0.1) is 0 Å². The molecule has 11 nitrogen and oxygen atoms in total. The third-order valence-electron chi connectivity index (χ3n) is 4.23. The van der Waals surface area contributed by atoms with Gasteiger partial charge in [0.05, 0.1) is 11.2 Å². The molecule has 0 saturated heterocycles. The van der Waals surface area contributed by atoms with Crippen molar-refractivity contribution in [3.63, 3.8) is 0 Å². The SMILES string of the molecule is CC(NCC(O)COc1cccc(Cl)c1Cl)NC(=O)[C@H](C)NC(=O)c1nc(Cl)c(N)nc1N. The van der Waals surface area contributed by atoms with Crippen LogP contribution in [0.5, 0.6) is 5.75 Å². The highest BCUT2D eigenvalue weighted by Gasteiger charge is 2.22. The molecular weight excluding hydrogens is 497 g/mol. The summed E-state index contributed by atoms with van der Waals surface area (Å²) in [6.07, 6.45) is -1.43. The quantitative estimate of drug-likeness (QED) is 0.251. The number of nitrogen functional groups attached to an aromatic ring is 2. The first kappa shape index (κ1) is 26.7. The first-order chi connectivity index (χ1) is 15.5. The predicted octanol–water partition coefficient (Wildman–Crippen LogP) is 1.21. The molecule has 0 aliphatic rings. The Bertz CT molecular complexity index is 1010. The molecule has 0 saturated carbocycles. The van der Waals surface area contributed by atoms with Crippen molar-refractivity contribution in [3.8, 4) is 5.75 Å². The lowest BCUT2D eigenvalue weighted by atomic mass is 10.2. The summed E-state index contributed by atoms with van der Waals surface area (Å²) in [4.78, 5) is 32.2. The van der Waals surface area contributed by atoms with Crippen LogP contribution >= 0.6 is 34.8 Å². The number of nitrogens with zero attached hydrogens (tertiary/aromatic N) is 2. The van der Waals surface area contributed by atoms with Gasteiger partial charge in [-0.2, -0.15) is 0 Å². The van der Waals surface area contributed by atoms with Gasteiger partial charge >= 0.3 is 0 Å². The molecule has 1 heterocycles. The molecule has 1 aromatic heterocycles. The van der Waals surface area contributed by atoms with E-state index in [1.54, 1.807) is 25.1 Å². The van der Waals surface area contributed by atoms with Crippen molar-refractivity contribution < 1.29 is 19.4 Å². The number of nitrogens with two attached hydrogens (primary N) is 2. The number of aliphatic hydroxyl groups excluding tert-OH is 1. The smallest absolute Gasteiger partial charge is 0.274 e. The molecule has 2 unspecified atom stereocenters. The molecule has 180 valence electrons. The molecular formula is C19H24Cl3N7O4. The van der Waals surface area contributed by atoms with Crippen LogP contribution in [-0.4, -0.2) is 58.4 Å². The lowest BCUT2D eigenvalue weighted by molar-refractivity contribution is -0.123. The second-order valence-electron chi connectivity index (χ2n) is 6.98. The minimum atomic E-state index is -0.933. The number of rotatable bonds is 10. The Balaban J connectivity index is 1.78. The Morgan fingerprint density at radius 2 is 1.82 bits per heavy atom. The third kappa shape index (κ3) is 7.76. The molecule has 14 heteroatoms. The highest BCUT2D eigenvalue weighted by Crippen LogP contribution is 2.31. The molecule has 2 rings (SSSR count). The zero-order valence-corrected chi connectivity index (χ0v) is 20.0. The van der Waals surface area contributed by atoms with Gasteiger partial charge in [-0.25, -0.2) is 9.97 Å². The number of ether oxygens (including phenoxy) is 1. The summed E-state index contributed by atoms with van der Waals surface area (Å²) in [5.74, 6) is -1.21. The number of carbonyl (C=O) groups excluding carboxylic acids is 2. The first-order valence-corrected chi connectivity index (χ1v) is 10.8. The van der Waals surface area contributed by atoms with E-state index in [9.17, 15) is 14.7 Å². The normalized spacial score (nSPS) is 13.6. The summed E-state index contributed by atoms with van der Waals surface area (Å²) in [7, 11) is 0. The maximum Gasteiger partial charge on any atom is 0.274 e. The van der Waals surface area contributed by atoms with E-state index in [2.05, 4.69) is 25.9 Å². The van der Waals surface area contributed by atoms with Crippen molar-refractivity contribution in [2.45, 2.75) is 32.2 Å². The Hall–Kier alpha value is -2.57. The number of halogens is 3. The second kappa shape index (κ2) is 12.1. The standard InChI is InChI=1S/C19H24Cl3N7O4/c1-8(26-19(32)14-16(23)29-17(24)15(22)28-14)18(31)27-9(2)25-6-10(30)7-33-12-5-3-4-11(20)13(12)21/h3-5,8-10,25,30H,6-7H2,1-2H3,(H,26,32)(H,27,31)(H4,23,24,29)/t8-,9?,10?/m0/s1. The van der Waals surface area contributed by atoms with E-state index >= 15 is 0 Å². The molecule has 0 bridgehead atoms. The second-order valence-corrected chi connectivity index (χ2v) is 8.13. The van der Waals surface area contributed by atoms with Gasteiger partial charge in [-0.3, -0.25) is 14.9 Å². The van der Waals surface area contributed by atoms with E-state index in [1.165, 1.54) is 6.92 Å². The zero-order chi connectivity index (χ0) is 24.7. The summed E-state index contributed by atoms with van der Waals surface area (Å²) < 4.78 is 5.46. The van der Waals surface area contributed by atoms with E-state index in [4.69, 9.17) is 51.0 Å².